The molecule has 2 aliphatic carbocycles. The summed E-state index contributed by atoms with van der Waals surface area (Å²) in [5.74, 6) is -2.87. The number of fused-ring (bicyclic) bond motifs is 3. The number of rotatable bonds is 9. The van der Waals surface area contributed by atoms with Crippen LogP contribution in [0.5, 0.6) is 0 Å². The molecule has 3 atom stereocenters. The molecule has 2 aromatic carbocycles. The summed E-state index contributed by atoms with van der Waals surface area (Å²) in [6.45, 7) is 0.351. The second-order valence-electron chi connectivity index (χ2n) is 8.33. The summed E-state index contributed by atoms with van der Waals surface area (Å²) in [6.07, 6.45) is -3.95. The van der Waals surface area contributed by atoms with Crippen molar-refractivity contribution in [2.24, 2.45) is 11.8 Å². The Balaban J connectivity index is 1.24. The zero-order chi connectivity index (χ0) is 23.5. The van der Waals surface area contributed by atoms with E-state index in [1.165, 1.54) is 0 Å². The number of halogens is 2. The lowest BCUT2D eigenvalue weighted by Gasteiger charge is -2.15. The summed E-state index contributed by atoms with van der Waals surface area (Å²) >= 11 is 0. The largest absolute Gasteiger partial charge is 0.480 e. The molecular weight excluding hydrogens is 434 g/mol. The molecule has 0 heterocycles. The van der Waals surface area contributed by atoms with Gasteiger partial charge in [-0.1, -0.05) is 48.5 Å². The van der Waals surface area contributed by atoms with E-state index >= 15 is 0 Å². The summed E-state index contributed by atoms with van der Waals surface area (Å²) in [4.78, 5) is 35.4. The normalized spacial score (nSPS) is 19.4. The Morgan fingerprint density at radius 1 is 1.03 bits per heavy atom. The van der Waals surface area contributed by atoms with Crippen molar-refractivity contribution in [2.45, 2.75) is 31.2 Å². The van der Waals surface area contributed by atoms with Gasteiger partial charge in [0, 0.05) is 24.8 Å². The van der Waals surface area contributed by atoms with Gasteiger partial charge in [-0.2, -0.15) is 0 Å². The molecule has 0 spiro atoms. The number of carbonyl (C=O) groups is 3. The maximum absolute atomic E-state index is 12.5. The van der Waals surface area contributed by atoms with E-state index in [1.54, 1.807) is 0 Å². The predicted octanol–water partition coefficient (Wildman–Crippen LogP) is 3.39. The molecule has 0 saturated heterocycles. The average molecular weight is 458 g/mol. The van der Waals surface area contributed by atoms with Crippen molar-refractivity contribution in [3.63, 3.8) is 0 Å². The topological polar surface area (TPSA) is 105 Å². The molecule has 4 rings (SSSR count). The van der Waals surface area contributed by atoms with Crippen molar-refractivity contribution in [1.29, 1.82) is 0 Å². The highest BCUT2D eigenvalue weighted by Gasteiger charge is 2.44. The maximum atomic E-state index is 12.5. The monoisotopic (exact) mass is 458 g/mol. The molecular formula is C24H24F2N2O5. The number of ether oxygens (including phenoxy) is 1. The minimum absolute atomic E-state index is 0.0645. The number of alkyl halides is 2. The van der Waals surface area contributed by atoms with E-state index in [2.05, 4.69) is 10.6 Å². The fourth-order valence-electron chi connectivity index (χ4n) is 4.34. The Bertz CT molecular complexity index is 1020. The van der Waals surface area contributed by atoms with Gasteiger partial charge in [0.15, 0.2) is 0 Å². The lowest BCUT2D eigenvalue weighted by Crippen LogP contribution is -2.43. The predicted molar refractivity (Wildman–Crippen MR) is 115 cm³/mol. The molecule has 0 radical (unpaired) electrons. The first-order chi connectivity index (χ1) is 15.8. The van der Waals surface area contributed by atoms with E-state index in [9.17, 15) is 23.2 Å². The first-order valence-corrected chi connectivity index (χ1v) is 10.7. The average Bonchev–Trinajstić information content (AvgIpc) is 3.51. The van der Waals surface area contributed by atoms with Crippen LogP contribution in [0.4, 0.5) is 13.6 Å². The molecule has 0 bridgehead atoms. The Labute approximate surface area is 189 Å². The quantitative estimate of drug-likeness (QED) is 0.534. The smallest absolute Gasteiger partial charge is 0.407 e. The van der Waals surface area contributed by atoms with Gasteiger partial charge in [0.1, 0.15) is 12.6 Å². The van der Waals surface area contributed by atoms with E-state index in [-0.39, 0.29) is 25.0 Å². The molecule has 33 heavy (non-hydrogen) atoms. The second kappa shape index (κ2) is 9.56. The highest BCUT2D eigenvalue weighted by Crippen LogP contribution is 2.44. The van der Waals surface area contributed by atoms with Crippen molar-refractivity contribution in [1.82, 2.24) is 10.6 Å². The van der Waals surface area contributed by atoms with Crippen LogP contribution in [0.3, 0.4) is 0 Å². The molecule has 2 aliphatic rings. The van der Waals surface area contributed by atoms with Gasteiger partial charge in [0.2, 0.25) is 12.3 Å². The van der Waals surface area contributed by atoms with Gasteiger partial charge in [-0.15, -0.1) is 0 Å². The van der Waals surface area contributed by atoms with E-state index < -0.39 is 42.8 Å². The summed E-state index contributed by atoms with van der Waals surface area (Å²) in [6, 6.07) is 14.3. The van der Waals surface area contributed by atoms with Crippen LogP contribution in [0.15, 0.2) is 48.5 Å². The second-order valence-corrected chi connectivity index (χ2v) is 8.33. The van der Waals surface area contributed by atoms with E-state index in [1.807, 2.05) is 48.5 Å². The van der Waals surface area contributed by atoms with Crippen LogP contribution in [-0.2, 0) is 14.3 Å². The number of aliphatic carboxylic acids is 1. The third kappa shape index (κ3) is 5.13. The van der Waals surface area contributed by atoms with E-state index in [4.69, 9.17) is 9.84 Å². The standard InChI is InChI=1S/C24H24F2N2O5/c25-21(26)10-20(23(30)31)28-22(29)18-9-13(18)11-27-24(32)33-12-19-16-7-3-1-5-14(16)15-6-2-4-8-17(15)19/h1-8,13,18-21H,9-12H2,(H,27,32)(H,28,29)(H,30,31)/t13-,18-,20?/m1/s1. The molecule has 9 heteroatoms. The first-order valence-electron chi connectivity index (χ1n) is 10.7. The summed E-state index contributed by atoms with van der Waals surface area (Å²) < 4.78 is 30.4. The zero-order valence-corrected chi connectivity index (χ0v) is 17.7. The Kier molecular flexibility index (Phi) is 6.57. The third-order valence-corrected chi connectivity index (χ3v) is 6.14. The van der Waals surface area contributed by atoms with Crippen molar-refractivity contribution in [3.8, 4) is 11.1 Å². The molecule has 174 valence electrons. The fraction of sp³-hybridized carbons (Fsp3) is 0.375. The van der Waals surface area contributed by atoms with Crippen LogP contribution in [0.25, 0.3) is 11.1 Å². The van der Waals surface area contributed by atoms with Crippen LogP contribution in [0.1, 0.15) is 29.9 Å². The first kappa shape index (κ1) is 22.7. The van der Waals surface area contributed by atoms with Crippen molar-refractivity contribution in [2.75, 3.05) is 13.2 Å². The molecule has 1 saturated carbocycles. The van der Waals surface area contributed by atoms with Crippen LogP contribution >= 0.6 is 0 Å². The van der Waals surface area contributed by atoms with E-state index in [0.717, 1.165) is 22.3 Å². The minimum Gasteiger partial charge on any atom is -0.480 e. The molecule has 2 amide bonds. The molecule has 7 nitrogen and oxygen atoms in total. The number of benzene rings is 2. The van der Waals surface area contributed by atoms with E-state index in [0.29, 0.717) is 6.42 Å². The van der Waals surface area contributed by atoms with Gasteiger partial charge in [0.25, 0.3) is 0 Å². The Hall–Kier alpha value is -3.49. The number of carbonyl (C=O) groups excluding carboxylic acids is 2. The molecule has 2 aromatic rings. The molecule has 0 aliphatic heterocycles. The van der Waals surface area contributed by atoms with Crippen molar-refractivity contribution in [3.05, 3.63) is 59.7 Å². The minimum atomic E-state index is -2.84. The molecule has 3 N–H and O–H groups in total. The number of carboxylic acids is 1. The van der Waals surface area contributed by atoms with Gasteiger partial charge in [0.05, 0.1) is 0 Å². The number of hydrogen-bond acceptors (Lipinski definition) is 4. The van der Waals surface area contributed by atoms with Gasteiger partial charge in [-0.05, 0) is 34.6 Å². The van der Waals surface area contributed by atoms with Crippen LogP contribution in [0, 0.1) is 11.8 Å². The van der Waals surface area contributed by atoms with Crippen LogP contribution in [-0.4, -0.2) is 48.7 Å². The number of amides is 2. The van der Waals surface area contributed by atoms with Crippen LogP contribution < -0.4 is 10.6 Å². The van der Waals surface area contributed by atoms with Crippen molar-refractivity contribution < 1.29 is 33.0 Å². The highest BCUT2D eigenvalue weighted by molar-refractivity contribution is 5.86. The third-order valence-electron chi connectivity index (χ3n) is 6.14. The van der Waals surface area contributed by atoms with Gasteiger partial charge in [-0.25, -0.2) is 18.4 Å². The molecule has 1 unspecified atom stereocenters. The lowest BCUT2D eigenvalue weighted by molar-refractivity contribution is -0.143. The van der Waals surface area contributed by atoms with Crippen LogP contribution in [0.2, 0.25) is 0 Å². The zero-order valence-electron chi connectivity index (χ0n) is 17.7. The Morgan fingerprint density at radius 2 is 1.64 bits per heavy atom. The molecule has 0 aromatic heterocycles. The summed E-state index contributed by atoms with van der Waals surface area (Å²) in [5, 5.41) is 13.7. The summed E-state index contributed by atoms with van der Waals surface area (Å²) in [7, 11) is 0. The summed E-state index contributed by atoms with van der Waals surface area (Å²) in [5.41, 5.74) is 4.45. The number of hydrogen-bond donors (Lipinski definition) is 3. The maximum Gasteiger partial charge on any atom is 0.407 e. The number of carboxylic acid groups (broad SMARTS) is 1. The molecule has 1 fully saturated rings. The SMILES string of the molecule is O=C(NC[C@H]1C[C@H]1C(=O)NC(CC(F)F)C(=O)O)OCC1c2ccccc2-c2ccccc21. The van der Waals surface area contributed by atoms with Gasteiger partial charge < -0.3 is 20.5 Å². The highest BCUT2D eigenvalue weighted by atomic mass is 19.3. The fourth-order valence-corrected chi connectivity index (χ4v) is 4.34. The number of alkyl carbamates (subject to hydrolysis) is 1. The van der Waals surface area contributed by atoms with Gasteiger partial charge >= 0.3 is 12.1 Å². The number of nitrogens with one attached hydrogen (secondary N) is 2. The van der Waals surface area contributed by atoms with Gasteiger partial charge in [-0.3, -0.25) is 4.79 Å². The van der Waals surface area contributed by atoms with Crippen molar-refractivity contribution >= 4 is 18.0 Å². The lowest BCUT2D eigenvalue weighted by atomic mass is 9.98. The Morgan fingerprint density at radius 3 is 2.21 bits per heavy atom.